The molecule has 138 valence electrons. The topological polar surface area (TPSA) is 49.4 Å². The number of ether oxygens (including phenoxy) is 1. The van der Waals surface area contributed by atoms with Crippen molar-refractivity contribution in [2.75, 3.05) is 44.7 Å². The average Bonchev–Trinajstić information content (AvgIpc) is 2.66. The largest absolute Gasteiger partial charge is 0.379 e. The maximum atomic E-state index is 5.95. The van der Waals surface area contributed by atoms with Crippen LogP contribution in [0.1, 0.15) is 0 Å². The van der Waals surface area contributed by atoms with Crippen LogP contribution in [-0.4, -0.2) is 54.4 Å². The van der Waals surface area contributed by atoms with E-state index in [2.05, 4.69) is 20.5 Å². The van der Waals surface area contributed by atoms with Gasteiger partial charge in [-0.2, -0.15) is 0 Å². The number of benzene rings is 1. The lowest BCUT2D eigenvalue weighted by Gasteiger charge is -2.26. The number of anilines is 1. The molecule has 26 heavy (non-hydrogen) atoms. The molecule has 8 heteroatoms. The Morgan fingerprint density at radius 1 is 1.23 bits per heavy atom. The quantitative estimate of drug-likeness (QED) is 0.709. The van der Waals surface area contributed by atoms with Crippen molar-refractivity contribution < 1.29 is 4.74 Å². The predicted octanol–water partition coefficient (Wildman–Crippen LogP) is 3.50. The molecule has 5 nitrogen and oxygen atoms in total. The maximum Gasteiger partial charge on any atom is 0.170 e. The van der Waals surface area contributed by atoms with Gasteiger partial charge in [-0.1, -0.05) is 23.4 Å². The lowest BCUT2D eigenvalue weighted by Crippen LogP contribution is -2.42. The minimum absolute atomic E-state index is 0.601. The zero-order valence-electron chi connectivity index (χ0n) is 14.3. The summed E-state index contributed by atoms with van der Waals surface area (Å²) in [7, 11) is 0. The zero-order valence-corrected chi connectivity index (χ0v) is 16.7. The van der Waals surface area contributed by atoms with Gasteiger partial charge in [-0.3, -0.25) is 4.90 Å². The van der Waals surface area contributed by atoms with Crippen LogP contribution < -0.4 is 10.6 Å². The minimum Gasteiger partial charge on any atom is -0.379 e. The van der Waals surface area contributed by atoms with Crippen LogP contribution in [0.25, 0.3) is 0 Å². The van der Waals surface area contributed by atoms with Crippen molar-refractivity contribution >= 4 is 46.4 Å². The van der Waals surface area contributed by atoms with E-state index in [9.17, 15) is 0 Å². The number of hydrogen-bond donors (Lipinski definition) is 2. The van der Waals surface area contributed by atoms with E-state index in [0.717, 1.165) is 60.0 Å². The Bertz CT molecular complexity index is 723. The summed E-state index contributed by atoms with van der Waals surface area (Å²) in [6.45, 7) is 5.32. The molecule has 2 aromatic rings. The number of pyridine rings is 1. The summed E-state index contributed by atoms with van der Waals surface area (Å²) in [6, 6.07) is 11.6. The lowest BCUT2D eigenvalue weighted by molar-refractivity contribution is 0.0389. The van der Waals surface area contributed by atoms with Gasteiger partial charge in [0, 0.05) is 42.3 Å². The molecular formula is C18H21ClN4OS2. The molecule has 0 bridgehead atoms. The highest BCUT2D eigenvalue weighted by Crippen LogP contribution is 2.32. The number of nitrogens with zero attached hydrogens (tertiary/aromatic N) is 2. The van der Waals surface area contributed by atoms with E-state index in [-0.39, 0.29) is 0 Å². The van der Waals surface area contributed by atoms with E-state index in [1.54, 1.807) is 18.0 Å². The molecule has 1 saturated heterocycles. The highest BCUT2D eigenvalue weighted by atomic mass is 35.5. The molecule has 1 fully saturated rings. The van der Waals surface area contributed by atoms with Gasteiger partial charge in [0.25, 0.3) is 0 Å². The smallest absolute Gasteiger partial charge is 0.170 e. The van der Waals surface area contributed by atoms with Crippen molar-refractivity contribution in [1.82, 2.24) is 15.2 Å². The SMILES string of the molecule is S=C(NCCN1CCOCC1)Nc1cccnc1Sc1ccc(Cl)cc1. The third kappa shape index (κ3) is 6.10. The van der Waals surface area contributed by atoms with Crippen molar-refractivity contribution in [1.29, 1.82) is 0 Å². The predicted molar refractivity (Wildman–Crippen MR) is 111 cm³/mol. The van der Waals surface area contributed by atoms with Crippen LogP contribution in [0.3, 0.4) is 0 Å². The van der Waals surface area contributed by atoms with Crippen LogP contribution in [0.15, 0.2) is 52.5 Å². The molecule has 1 aromatic carbocycles. The molecule has 0 radical (unpaired) electrons. The van der Waals surface area contributed by atoms with E-state index in [1.165, 1.54) is 0 Å². The molecule has 0 atom stereocenters. The molecular weight excluding hydrogens is 388 g/mol. The summed E-state index contributed by atoms with van der Waals surface area (Å²) in [5.41, 5.74) is 0.885. The molecule has 2 N–H and O–H groups in total. The van der Waals surface area contributed by atoms with Gasteiger partial charge >= 0.3 is 0 Å². The first-order chi connectivity index (χ1) is 12.7. The Balaban J connectivity index is 1.52. The highest BCUT2D eigenvalue weighted by molar-refractivity contribution is 7.99. The van der Waals surface area contributed by atoms with Gasteiger partial charge in [0.05, 0.1) is 18.9 Å². The molecule has 3 rings (SSSR count). The third-order valence-corrected chi connectivity index (χ3v) is 5.39. The Labute approximate surface area is 168 Å². The van der Waals surface area contributed by atoms with Gasteiger partial charge in [-0.15, -0.1) is 0 Å². The Kier molecular flexibility index (Phi) is 7.52. The molecule has 2 heterocycles. The van der Waals surface area contributed by atoms with Gasteiger partial charge in [0.15, 0.2) is 5.11 Å². The number of halogens is 1. The molecule has 0 spiro atoms. The first kappa shape index (κ1) is 19.4. The van der Waals surface area contributed by atoms with Crippen molar-refractivity contribution in [2.24, 2.45) is 0 Å². The van der Waals surface area contributed by atoms with Crippen molar-refractivity contribution in [3.63, 3.8) is 0 Å². The fraction of sp³-hybridized carbons (Fsp3) is 0.333. The summed E-state index contributed by atoms with van der Waals surface area (Å²) in [5.74, 6) is 0. The first-order valence-electron chi connectivity index (χ1n) is 8.44. The molecule has 1 aliphatic heterocycles. The van der Waals surface area contributed by atoms with Gasteiger partial charge in [-0.05, 0) is 48.6 Å². The summed E-state index contributed by atoms with van der Waals surface area (Å²) in [6.07, 6.45) is 1.78. The second kappa shape index (κ2) is 10.1. The van der Waals surface area contributed by atoms with Crippen LogP contribution in [0.4, 0.5) is 5.69 Å². The standard InChI is InChI=1S/C18H21ClN4OS2/c19-14-3-5-15(6-4-14)26-17-16(2-1-7-20-17)22-18(25)21-8-9-23-10-12-24-13-11-23/h1-7H,8-13H2,(H2,21,22,25). The average molecular weight is 409 g/mol. The van der Waals surface area contributed by atoms with Crippen molar-refractivity contribution in [3.05, 3.63) is 47.6 Å². The Morgan fingerprint density at radius 2 is 2.00 bits per heavy atom. The second-order valence-electron chi connectivity index (χ2n) is 5.75. The number of thiocarbonyl (C=S) groups is 1. The number of rotatable bonds is 6. The maximum absolute atomic E-state index is 5.95. The van der Waals surface area contributed by atoms with Gasteiger partial charge in [0.2, 0.25) is 0 Å². The van der Waals surface area contributed by atoms with E-state index in [1.807, 2.05) is 36.4 Å². The summed E-state index contributed by atoms with van der Waals surface area (Å²) in [4.78, 5) is 7.90. The normalized spacial score (nSPS) is 14.8. The fourth-order valence-electron chi connectivity index (χ4n) is 2.50. The molecule has 1 aromatic heterocycles. The number of aromatic nitrogens is 1. The van der Waals surface area contributed by atoms with Crippen LogP contribution in [0.2, 0.25) is 5.02 Å². The van der Waals surface area contributed by atoms with Crippen LogP contribution in [-0.2, 0) is 4.74 Å². The van der Waals surface area contributed by atoms with Gasteiger partial charge in [0.1, 0.15) is 5.03 Å². The fourth-order valence-corrected chi connectivity index (χ4v) is 3.68. The highest BCUT2D eigenvalue weighted by Gasteiger charge is 2.10. The monoisotopic (exact) mass is 408 g/mol. The summed E-state index contributed by atoms with van der Waals surface area (Å²) >= 11 is 12.9. The number of morpholine rings is 1. The lowest BCUT2D eigenvalue weighted by atomic mass is 10.4. The molecule has 0 saturated carbocycles. The van der Waals surface area contributed by atoms with Gasteiger partial charge in [-0.25, -0.2) is 4.98 Å². The van der Waals surface area contributed by atoms with Crippen molar-refractivity contribution in [2.45, 2.75) is 9.92 Å². The van der Waals surface area contributed by atoms with E-state index < -0.39 is 0 Å². The first-order valence-corrected chi connectivity index (χ1v) is 10.0. The van der Waals surface area contributed by atoms with Crippen molar-refractivity contribution in [3.8, 4) is 0 Å². The Morgan fingerprint density at radius 3 is 2.77 bits per heavy atom. The van der Waals surface area contributed by atoms with E-state index >= 15 is 0 Å². The zero-order chi connectivity index (χ0) is 18.2. The van der Waals surface area contributed by atoms with Crippen LogP contribution in [0, 0.1) is 0 Å². The van der Waals surface area contributed by atoms with E-state index in [4.69, 9.17) is 28.6 Å². The molecule has 0 aliphatic carbocycles. The van der Waals surface area contributed by atoms with Crippen LogP contribution in [0.5, 0.6) is 0 Å². The molecule has 0 amide bonds. The van der Waals surface area contributed by atoms with Gasteiger partial charge < -0.3 is 15.4 Å². The van der Waals surface area contributed by atoms with Crippen LogP contribution >= 0.6 is 35.6 Å². The Hall–Kier alpha value is -1.38. The second-order valence-corrected chi connectivity index (χ2v) is 7.65. The van der Waals surface area contributed by atoms with E-state index in [0.29, 0.717) is 5.11 Å². The molecule has 0 unspecified atom stereocenters. The third-order valence-electron chi connectivity index (χ3n) is 3.86. The number of hydrogen-bond acceptors (Lipinski definition) is 5. The molecule has 1 aliphatic rings. The number of nitrogens with one attached hydrogen (secondary N) is 2. The summed E-state index contributed by atoms with van der Waals surface area (Å²) in [5, 5.41) is 8.70. The summed E-state index contributed by atoms with van der Waals surface area (Å²) < 4.78 is 5.36. The minimum atomic E-state index is 0.601.